The third-order valence-corrected chi connectivity index (χ3v) is 1.89. The molecule has 0 radical (unpaired) electrons. The number of nitrogen functional groups attached to an aromatic ring is 1. The van der Waals surface area contributed by atoms with Crippen molar-refractivity contribution in [1.29, 1.82) is 0 Å². The van der Waals surface area contributed by atoms with Crippen LogP contribution in [0, 0.1) is 0 Å². The average molecular weight is 224 g/mol. The average Bonchev–Trinajstić information content (AvgIpc) is 2.15. The highest BCUT2D eigenvalue weighted by atomic mass is 16.4. The summed E-state index contributed by atoms with van der Waals surface area (Å²) in [4.78, 5) is 22.4. The topological polar surface area (TPSA) is 104 Å². The maximum atomic E-state index is 10.6. The molecule has 0 aromatic heterocycles. The lowest BCUT2D eigenvalue weighted by atomic mass is 10.2. The van der Waals surface area contributed by atoms with E-state index in [0.29, 0.717) is 11.4 Å². The molecule has 1 rings (SSSR count). The van der Waals surface area contributed by atoms with Crippen molar-refractivity contribution in [3.8, 4) is 0 Å². The van der Waals surface area contributed by atoms with Crippen LogP contribution < -0.4 is 10.6 Å². The van der Waals surface area contributed by atoms with Crippen molar-refractivity contribution in [3.05, 3.63) is 24.3 Å². The number of carboxylic acid groups (broad SMARTS) is 2. The van der Waals surface area contributed by atoms with Crippen molar-refractivity contribution in [2.24, 2.45) is 0 Å². The monoisotopic (exact) mass is 224 g/mol. The maximum Gasteiger partial charge on any atom is 0.323 e. The van der Waals surface area contributed by atoms with Crippen LogP contribution in [0.3, 0.4) is 0 Å². The minimum Gasteiger partial charge on any atom is -0.480 e. The molecule has 0 aliphatic heterocycles. The summed E-state index contributed by atoms with van der Waals surface area (Å²) >= 11 is 0. The van der Waals surface area contributed by atoms with E-state index in [1.807, 2.05) is 0 Å². The second kappa shape index (κ2) is 5.01. The van der Waals surface area contributed by atoms with Crippen LogP contribution in [0.5, 0.6) is 0 Å². The van der Waals surface area contributed by atoms with Crippen LogP contribution in [-0.4, -0.2) is 35.2 Å². The van der Waals surface area contributed by atoms with Crippen molar-refractivity contribution in [1.82, 2.24) is 0 Å². The van der Waals surface area contributed by atoms with Crippen LogP contribution in [0.25, 0.3) is 0 Å². The highest BCUT2D eigenvalue weighted by molar-refractivity contribution is 5.80. The fourth-order valence-corrected chi connectivity index (χ4v) is 1.29. The van der Waals surface area contributed by atoms with E-state index in [0.717, 1.165) is 0 Å². The Morgan fingerprint density at radius 2 is 1.75 bits per heavy atom. The Labute approximate surface area is 91.9 Å². The molecular weight excluding hydrogens is 212 g/mol. The van der Waals surface area contributed by atoms with Gasteiger partial charge in [-0.2, -0.15) is 0 Å². The molecule has 1 aromatic carbocycles. The summed E-state index contributed by atoms with van der Waals surface area (Å²) < 4.78 is 0. The zero-order chi connectivity index (χ0) is 12.1. The van der Waals surface area contributed by atoms with E-state index in [-0.39, 0.29) is 13.1 Å². The van der Waals surface area contributed by atoms with E-state index >= 15 is 0 Å². The number of carbonyl (C=O) groups is 2. The minimum atomic E-state index is -1.09. The highest BCUT2D eigenvalue weighted by Crippen LogP contribution is 2.16. The second-order valence-electron chi connectivity index (χ2n) is 3.24. The number of rotatable bonds is 5. The van der Waals surface area contributed by atoms with Crippen molar-refractivity contribution in [3.63, 3.8) is 0 Å². The van der Waals surface area contributed by atoms with E-state index in [2.05, 4.69) is 0 Å². The molecule has 16 heavy (non-hydrogen) atoms. The van der Waals surface area contributed by atoms with Crippen LogP contribution in [0.2, 0.25) is 0 Å². The molecule has 0 saturated carbocycles. The van der Waals surface area contributed by atoms with Crippen molar-refractivity contribution in [2.75, 3.05) is 23.7 Å². The number of hydrogen-bond donors (Lipinski definition) is 3. The summed E-state index contributed by atoms with van der Waals surface area (Å²) in [7, 11) is 0. The van der Waals surface area contributed by atoms with Gasteiger partial charge in [-0.05, 0) is 18.2 Å². The van der Waals surface area contributed by atoms with Gasteiger partial charge in [-0.25, -0.2) is 0 Å². The lowest BCUT2D eigenvalue weighted by Gasteiger charge is -2.20. The maximum absolute atomic E-state index is 10.6. The lowest BCUT2D eigenvalue weighted by molar-refractivity contribution is -0.136. The van der Waals surface area contributed by atoms with Crippen LogP contribution in [0.4, 0.5) is 11.4 Å². The molecule has 0 fully saturated rings. The van der Waals surface area contributed by atoms with Gasteiger partial charge < -0.3 is 20.8 Å². The van der Waals surface area contributed by atoms with Gasteiger partial charge in [-0.3, -0.25) is 9.59 Å². The van der Waals surface area contributed by atoms with Gasteiger partial charge in [0.25, 0.3) is 0 Å². The van der Waals surface area contributed by atoms with Crippen molar-refractivity contribution >= 4 is 23.3 Å². The van der Waals surface area contributed by atoms with Gasteiger partial charge in [0.2, 0.25) is 0 Å². The first kappa shape index (κ1) is 11.8. The third-order valence-electron chi connectivity index (χ3n) is 1.89. The van der Waals surface area contributed by atoms with Gasteiger partial charge >= 0.3 is 11.9 Å². The lowest BCUT2D eigenvalue weighted by Crippen LogP contribution is -2.34. The number of nitrogens with zero attached hydrogens (tertiary/aromatic N) is 1. The molecule has 0 saturated heterocycles. The molecule has 0 heterocycles. The van der Waals surface area contributed by atoms with Crippen LogP contribution >= 0.6 is 0 Å². The van der Waals surface area contributed by atoms with Gasteiger partial charge in [-0.1, -0.05) is 6.07 Å². The molecule has 86 valence electrons. The molecule has 4 N–H and O–H groups in total. The molecule has 0 aliphatic rings. The SMILES string of the molecule is Nc1cccc(N(CC(=O)O)CC(=O)O)c1. The van der Waals surface area contributed by atoms with E-state index in [9.17, 15) is 9.59 Å². The predicted octanol–water partition coefficient (Wildman–Crippen LogP) is 0.244. The Hall–Kier alpha value is -2.24. The van der Waals surface area contributed by atoms with Crippen LogP contribution in [-0.2, 0) is 9.59 Å². The summed E-state index contributed by atoms with van der Waals surface area (Å²) in [6.45, 7) is -0.758. The standard InChI is InChI=1S/C10H12N2O4/c11-7-2-1-3-8(4-7)12(5-9(13)14)6-10(15)16/h1-4H,5-6,11H2,(H,13,14)(H,15,16). The first-order valence-electron chi connectivity index (χ1n) is 4.53. The smallest absolute Gasteiger partial charge is 0.323 e. The zero-order valence-electron chi connectivity index (χ0n) is 8.46. The Morgan fingerprint density at radius 1 is 1.19 bits per heavy atom. The number of anilines is 2. The highest BCUT2D eigenvalue weighted by Gasteiger charge is 2.13. The zero-order valence-corrected chi connectivity index (χ0v) is 8.46. The van der Waals surface area contributed by atoms with E-state index in [1.165, 1.54) is 11.0 Å². The molecule has 0 atom stereocenters. The summed E-state index contributed by atoms with van der Waals surface area (Å²) in [6.07, 6.45) is 0. The molecule has 0 bridgehead atoms. The van der Waals surface area contributed by atoms with E-state index in [1.54, 1.807) is 18.2 Å². The molecule has 1 aromatic rings. The molecule has 6 nitrogen and oxygen atoms in total. The third kappa shape index (κ3) is 3.49. The van der Waals surface area contributed by atoms with Gasteiger partial charge in [0.15, 0.2) is 0 Å². The summed E-state index contributed by atoms with van der Waals surface area (Å²) in [5.41, 5.74) is 6.47. The number of carboxylic acids is 2. The first-order valence-corrected chi connectivity index (χ1v) is 4.53. The summed E-state index contributed by atoms with van der Waals surface area (Å²) in [5, 5.41) is 17.3. The quantitative estimate of drug-likeness (QED) is 0.619. The van der Waals surface area contributed by atoms with Crippen molar-refractivity contribution in [2.45, 2.75) is 0 Å². The molecule has 0 unspecified atom stereocenters. The van der Waals surface area contributed by atoms with E-state index < -0.39 is 11.9 Å². The number of nitrogens with two attached hydrogens (primary N) is 1. The number of hydrogen-bond acceptors (Lipinski definition) is 4. The summed E-state index contributed by atoms with van der Waals surface area (Å²) in [5.74, 6) is -2.19. The molecule has 0 spiro atoms. The Bertz CT molecular complexity index is 390. The number of aliphatic carboxylic acids is 2. The fourth-order valence-electron chi connectivity index (χ4n) is 1.29. The molecule has 0 amide bonds. The Morgan fingerprint density at radius 3 is 2.19 bits per heavy atom. The van der Waals surface area contributed by atoms with Crippen LogP contribution in [0.15, 0.2) is 24.3 Å². The molecule has 6 heteroatoms. The van der Waals surface area contributed by atoms with Gasteiger partial charge in [0.1, 0.15) is 13.1 Å². The fraction of sp³-hybridized carbons (Fsp3) is 0.200. The summed E-state index contributed by atoms with van der Waals surface area (Å²) in [6, 6.07) is 6.43. The molecule has 0 aliphatic carbocycles. The Balaban J connectivity index is 2.90. The second-order valence-corrected chi connectivity index (χ2v) is 3.24. The predicted molar refractivity (Wildman–Crippen MR) is 58.3 cm³/mol. The van der Waals surface area contributed by atoms with Crippen LogP contribution in [0.1, 0.15) is 0 Å². The van der Waals surface area contributed by atoms with Gasteiger partial charge in [0, 0.05) is 11.4 Å². The van der Waals surface area contributed by atoms with Gasteiger partial charge in [-0.15, -0.1) is 0 Å². The van der Waals surface area contributed by atoms with Crippen molar-refractivity contribution < 1.29 is 19.8 Å². The minimum absolute atomic E-state index is 0.379. The first-order chi connectivity index (χ1) is 7.49. The largest absolute Gasteiger partial charge is 0.480 e. The number of benzene rings is 1. The normalized spacial score (nSPS) is 9.75. The Kier molecular flexibility index (Phi) is 3.71. The van der Waals surface area contributed by atoms with E-state index in [4.69, 9.17) is 15.9 Å². The molecular formula is C10H12N2O4. The van der Waals surface area contributed by atoms with Gasteiger partial charge in [0.05, 0.1) is 0 Å².